The highest BCUT2D eigenvalue weighted by molar-refractivity contribution is 5.87. The summed E-state index contributed by atoms with van der Waals surface area (Å²) >= 11 is 0. The van der Waals surface area contributed by atoms with Crippen LogP contribution >= 0.6 is 0 Å². The van der Waals surface area contributed by atoms with Crippen molar-refractivity contribution in [3.8, 4) is 0 Å². The number of amides is 1. The van der Waals surface area contributed by atoms with Crippen LogP contribution in [0.1, 0.15) is 35.2 Å². The van der Waals surface area contributed by atoms with Gasteiger partial charge in [-0.3, -0.25) is 4.79 Å². The highest BCUT2D eigenvalue weighted by Crippen LogP contribution is 2.18. The van der Waals surface area contributed by atoms with Gasteiger partial charge < -0.3 is 10.4 Å². The summed E-state index contributed by atoms with van der Waals surface area (Å²) in [6.07, 6.45) is 6.83. The molecule has 1 aliphatic carbocycles. The number of carbonyl (C=O) groups excluding carboxylic acids is 1. The molecule has 19 heavy (non-hydrogen) atoms. The molecule has 0 saturated heterocycles. The van der Waals surface area contributed by atoms with Gasteiger partial charge in [0.25, 0.3) is 0 Å². The highest BCUT2D eigenvalue weighted by atomic mass is 16.4. The van der Waals surface area contributed by atoms with Crippen molar-refractivity contribution in [3.63, 3.8) is 0 Å². The van der Waals surface area contributed by atoms with E-state index in [0.29, 0.717) is 6.54 Å². The number of nitrogens with one attached hydrogen (secondary N) is 1. The van der Waals surface area contributed by atoms with Crippen LogP contribution in [0.3, 0.4) is 0 Å². The topological polar surface area (TPSA) is 66.4 Å². The first-order valence-electron chi connectivity index (χ1n) is 6.42. The second kappa shape index (κ2) is 6.18. The first-order chi connectivity index (χ1) is 9.16. The Balaban J connectivity index is 1.86. The molecule has 4 nitrogen and oxygen atoms in total. The Kier molecular flexibility index (Phi) is 4.34. The minimum atomic E-state index is -0.940. The van der Waals surface area contributed by atoms with Crippen LogP contribution in [0.25, 0.3) is 0 Å². The Bertz CT molecular complexity index is 491. The van der Waals surface area contributed by atoms with Crippen molar-refractivity contribution in [1.82, 2.24) is 5.32 Å². The summed E-state index contributed by atoms with van der Waals surface area (Å²) in [5.41, 5.74) is 1.16. The van der Waals surface area contributed by atoms with Crippen LogP contribution in [-0.2, 0) is 11.3 Å². The molecule has 0 spiro atoms. The Morgan fingerprint density at radius 2 is 1.95 bits per heavy atom. The lowest BCUT2D eigenvalue weighted by molar-refractivity contribution is -0.125. The minimum absolute atomic E-state index is 0.0725. The van der Waals surface area contributed by atoms with Gasteiger partial charge in [0, 0.05) is 12.5 Å². The summed E-state index contributed by atoms with van der Waals surface area (Å²) < 4.78 is 0. The van der Waals surface area contributed by atoms with Crippen molar-refractivity contribution < 1.29 is 14.7 Å². The van der Waals surface area contributed by atoms with E-state index < -0.39 is 5.97 Å². The Morgan fingerprint density at radius 3 is 2.53 bits per heavy atom. The zero-order valence-corrected chi connectivity index (χ0v) is 10.6. The van der Waals surface area contributed by atoms with Crippen LogP contribution in [0.15, 0.2) is 36.4 Å². The molecule has 0 radical (unpaired) electrons. The standard InChI is InChI=1S/C15H17NO3/c17-14(12-4-2-1-3-5-12)16-10-11-6-8-13(9-7-11)15(18)19/h1-2,6-9,12H,3-5,10H2,(H,16,17)(H,18,19)/t12-/m0/s1. The number of benzene rings is 1. The molecule has 0 heterocycles. The summed E-state index contributed by atoms with van der Waals surface area (Å²) in [7, 11) is 0. The monoisotopic (exact) mass is 259 g/mol. The molecule has 2 rings (SSSR count). The van der Waals surface area contributed by atoms with Crippen molar-refractivity contribution in [1.29, 1.82) is 0 Å². The van der Waals surface area contributed by atoms with Gasteiger partial charge in [-0.2, -0.15) is 0 Å². The Hall–Kier alpha value is -2.10. The molecule has 0 aliphatic heterocycles. The van der Waals surface area contributed by atoms with E-state index in [2.05, 4.69) is 17.5 Å². The zero-order valence-electron chi connectivity index (χ0n) is 10.6. The Labute approximate surface area is 112 Å². The summed E-state index contributed by atoms with van der Waals surface area (Å²) in [6.45, 7) is 0.443. The summed E-state index contributed by atoms with van der Waals surface area (Å²) in [5, 5.41) is 11.7. The van der Waals surface area contributed by atoms with Gasteiger partial charge in [-0.15, -0.1) is 0 Å². The number of hydrogen-bond acceptors (Lipinski definition) is 2. The first-order valence-corrected chi connectivity index (χ1v) is 6.42. The van der Waals surface area contributed by atoms with E-state index in [1.54, 1.807) is 24.3 Å². The highest BCUT2D eigenvalue weighted by Gasteiger charge is 2.17. The third kappa shape index (κ3) is 3.68. The van der Waals surface area contributed by atoms with Crippen LogP contribution in [0, 0.1) is 5.92 Å². The fourth-order valence-electron chi connectivity index (χ4n) is 2.13. The number of aromatic carboxylic acids is 1. The molecule has 100 valence electrons. The average molecular weight is 259 g/mol. The maximum atomic E-state index is 11.9. The van der Waals surface area contributed by atoms with Gasteiger partial charge in [0.2, 0.25) is 5.91 Å². The first kappa shape index (κ1) is 13.3. The second-order valence-corrected chi connectivity index (χ2v) is 4.70. The van der Waals surface area contributed by atoms with Gasteiger partial charge in [-0.25, -0.2) is 4.79 Å². The van der Waals surface area contributed by atoms with Crippen LogP contribution in [0.2, 0.25) is 0 Å². The molecule has 1 amide bonds. The fraction of sp³-hybridized carbons (Fsp3) is 0.333. The molecule has 0 aromatic heterocycles. The predicted octanol–water partition coefficient (Wildman–Crippen LogP) is 2.36. The fourth-order valence-corrected chi connectivity index (χ4v) is 2.13. The summed E-state index contributed by atoms with van der Waals surface area (Å²) in [6, 6.07) is 6.55. The number of rotatable bonds is 4. The largest absolute Gasteiger partial charge is 0.478 e. The third-order valence-electron chi connectivity index (χ3n) is 3.31. The number of hydrogen-bond donors (Lipinski definition) is 2. The molecular formula is C15H17NO3. The maximum absolute atomic E-state index is 11.9. The molecule has 1 aromatic rings. The molecule has 2 N–H and O–H groups in total. The van der Waals surface area contributed by atoms with Gasteiger partial charge in [-0.1, -0.05) is 24.3 Å². The van der Waals surface area contributed by atoms with Gasteiger partial charge in [0.1, 0.15) is 0 Å². The van der Waals surface area contributed by atoms with Crippen molar-refractivity contribution in [2.24, 2.45) is 5.92 Å². The van der Waals surface area contributed by atoms with E-state index in [1.165, 1.54) is 0 Å². The van der Waals surface area contributed by atoms with Crippen LogP contribution in [-0.4, -0.2) is 17.0 Å². The van der Waals surface area contributed by atoms with Crippen LogP contribution in [0.4, 0.5) is 0 Å². The average Bonchev–Trinajstić information content (AvgIpc) is 2.46. The van der Waals surface area contributed by atoms with Crippen molar-refractivity contribution >= 4 is 11.9 Å². The smallest absolute Gasteiger partial charge is 0.335 e. The van der Waals surface area contributed by atoms with Gasteiger partial charge in [0.15, 0.2) is 0 Å². The van der Waals surface area contributed by atoms with Crippen molar-refractivity contribution in [3.05, 3.63) is 47.5 Å². The van der Waals surface area contributed by atoms with Gasteiger partial charge >= 0.3 is 5.97 Å². The van der Waals surface area contributed by atoms with Gasteiger partial charge in [-0.05, 0) is 37.0 Å². The predicted molar refractivity (Wildman–Crippen MR) is 71.7 cm³/mol. The lowest BCUT2D eigenvalue weighted by atomic mass is 9.93. The third-order valence-corrected chi connectivity index (χ3v) is 3.31. The molecule has 0 fully saturated rings. The number of allylic oxidation sites excluding steroid dienone is 2. The number of carboxylic acids is 1. The SMILES string of the molecule is O=C(O)c1ccc(CNC(=O)[C@H]2CC=CCC2)cc1. The maximum Gasteiger partial charge on any atom is 0.335 e. The normalized spacial score (nSPS) is 18.0. The molecule has 0 bridgehead atoms. The van der Waals surface area contributed by atoms with E-state index in [4.69, 9.17) is 5.11 Å². The summed E-state index contributed by atoms with van der Waals surface area (Å²) in [5.74, 6) is -0.792. The number of carboxylic acid groups (broad SMARTS) is 1. The minimum Gasteiger partial charge on any atom is -0.478 e. The van der Waals surface area contributed by atoms with E-state index in [9.17, 15) is 9.59 Å². The van der Waals surface area contributed by atoms with E-state index in [-0.39, 0.29) is 17.4 Å². The van der Waals surface area contributed by atoms with E-state index in [0.717, 1.165) is 24.8 Å². The lowest BCUT2D eigenvalue weighted by Gasteiger charge is -2.17. The van der Waals surface area contributed by atoms with E-state index in [1.807, 2.05) is 0 Å². The molecule has 4 heteroatoms. The molecule has 0 saturated carbocycles. The zero-order chi connectivity index (χ0) is 13.7. The number of carbonyl (C=O) groups is 2. The van der Waals surface area contributed by atoms with Crippen molar-refractivity contribution in [2.45, 2.75) is 25.8 Å². The summed E-state index contributed by atoms with van der Waals surface area (Å²) in [4.78, 5) is 22.6. The Morgan fingerprint density at radius 1 is 1.21 bits per heavy atom. The van der Waals surface area contributed by atoms with Crippen LogP contribution < -0.4 is 5.32 Å². The molecule has 1 atom stereocenters. The molecule has 0 unspecified atom stereocenters. The molecular weight excluding hydrogens is 242 g/mol. The quantitative estimate of drug-likeness (QED) is 0.816. The molecule has 1 aromatic carbocycles. The van der Waals surface area contributed by atoms with Gasteiger partial charge in [0.05, 0.1) is 5.56 Å². The van der Waals surface area contributed by atoms with E-state index >= 15 is 0 Å². The van der Waals surface area contributed by atoms with Crippen molar-refractivity contribution in [2.75, 3.05) is 0 Å². The second-order valence-electron chi connectivity index (χ2n) is 4.70. The van der Waals surface area contributed by atoms with Crippen LogP contribution in [0.5, 0.6) is 0 Å². The lowest BCUT2D eigenvalue weighted by Crippen LogP contribution is -2.30. The molecule has 1 aliphatic rings.